The van der Waals surface area contributed by atoms with Gasteiger partial charge in [-0.3, -0.25) is 10.3 Å². The van der Waals surface area contributed by atoms with E-state index in [-0.39, 0.29) is 5.96 Å². The number of amides is 2. The maximum Gasteiger partial charge on any atom is 0.437 e. The topological polar surface area (TPSA) is 122 Å². The number of aryl methyl sites for hydroxylation is 1. The molecular weight excluding hydrogens is 448 g/mol. The van der Waals surface area contributed by atoms with Crippen LogP contribution in [-0.2, 0) is 17.7 Å². The predicted octanol–water partition coefficient (Wildman–Crippen LogP) is 4.81. The number of aromatic nitrogens is 3. The summed E-state index contributed by atoms with van der Waals surface area (Å²) in [5, 5.41) is 12.7. The number of ether oxygens (including phenoxy) is 1. The molecule has 0 fully saturated rings. The van der Waals surface area contributed by atoms with Gasteiger partial charge in [-0.25, -0.2) is 14.6 Å². The van der Waals surface area contributed by atoms with Crippen LogP contribution in [0.5, 0.6) is 0 Å². The van der Waals surface area contributed by atoms with Crippen LogP contribution in [0.3, 0.4) is 0 Å². The van der Waals surface area contributed by atoms with E-state index in [9.17, 15) is 14.7 Å². The molecule has 0 spiro atoms. The van der Waals surface area contributed by atoms with E-state index >= 15 is 0 Å². The highest BCUT2D eigenvalue weighted by Crippen LogP contribution is 2.25. The van der Waals surface area contributed by atoms with E-state index in [2.05, 4.69) is 19.9 Å². The number of hydrogen-bond acceptors (Lipinski definition) is 5. The van der Waals surface area contributed by atoms with Crippen LogP contribution in [0.4, 0.5) is 9.59 Å². The number of carboxylic acid groups (broad SMARTS) is 1. The lowest BCUT2D eigenvalue weighted by Gasteiger charge is -2.37. The molecule has 0 aliphatic heterocycles. The number of benzene rings is 1. The number of guanidine groups is 1. The van der Waals surface area contributed by atoms with Gasteiger partial charge in [0.05, 0.1) is 17.2 Å². The summed E-state index contributed by atoms with van der Waals surface area (Å²) in [6, 6.07) is 7.89. The highest BCUT2D eigenvalue weighted by molar-refractivity contribution is 6.02. The number of imidazole rings is 1. The van der Waals surface area contributed by atoms with Crippen molar-refractivity contribution in [2.75, 3.05) is 6.54 Å². The number of fused-ring (bicyclic) bond motifs is 3. The minimum Gasteiger partial charge on any atom is -0.465 e. The molecule has 10 heteroatoms. The number of pyridine rings is 1. The van der Waals surface area contributed by atoms with Crippen LogP contribution in [0.25, 0.3) is 21.9 Å². The Morgan fingerprint density at radius 1 is 1.14 bits per heavy atom. The van der Waals surface area contributed by atoms with Crippen molar-refractivity contribution in [3.63, 3.8) is 0 Å². The van der Waals surface area contributed by atoms with Crippen LogP contribution < -0.4 is 5.32 Å². The molecule has 0 aliphatic rings. The molecule has 10 nitrogen and oxygen atoms in total. The van der Waals surface area contributed by atoms with Gasteiger partial charge < -0.3 is 19.3 Å². The van der Waals surface area contributed by atoms with Crippen molar-refractivity contribution >= 4 is 40.1 Å². The van der Waals surface area contributed by atoms with Crippen molar-refractivity contribution in [2.45, 2.75) is 72.6 Å². The zero-order valence-corrected chi connectivity index (χ0v) is 21.4. The predicted molar refractivity (Wildman–Crippen MR) is 136 cm³/mol. The summed E-state index contributed by atoms with van der Waals surface area (Å²) >= 11 is 0. The lowest BCUT2D eigenvalue weighted by molar-refractivity contribution is 0.0599. The van der Waals surface area contributed by atoms with Crippen LogP contribution in [-0.4, -0.2) is 60.4 Å². The average Bonchev–Trinajstić information content (AvgIpc) is 3.09. The first kappa shape index (κ1) is 25.9. The molecule has 2 heterocycles. The van der Waals surface area contributed by atoms with Crippen LogP contribution in [0.1, 0.15) is 54.3 Å². The fourth-order valence-corrected chi connectivity index (χ4v) is 3.90. The third kappa shape index (κ3) is 6.26. The molecule has 3 rings (SSSR count). The second kappa shape index (κ2) is 9.89. The van der Waals surface area contributed by atoms with E-state index in [1.807, 2.05) is 52.0 Å². The molecule has 1 aromatic carbocycles. The molecule has 0 bridgehead atoms. The molecule has 35 heavy (non-hydrogen) atoms. The van der Waals surface area contributed by atoms with E-state index in [1.165, 1.54) is 0 Å². The number of nitrogens with zero attached hydrogens (tertiary/aromatic N) is 5. The highest BCUT2D eigenvalue weighted by atomic mass is 16.6. The Hall–Kier alpha value is -3.69. The number of carbonyl (C=O) groups is 2. The van der Waals surface area contributed by atoms with Crippen molar-refractivity contribution in [1.82, 2.24) is 24.8 Å². The lowest BCUT2D eigenvalue weighted by Crippen LogP contribution is -2.54. The van der Waals surface area contributed by atoms with E-state index in [0.29, 0.717) is 19.5 Å². The van der Waals surface area contributed by atoms with E-state index < -0.39 is 23.3 Å². The van der Waals surface area contributed by atoms with Crippen LogP contribution in [0, 0.1) is 0 Å². The van der Waals surface area contributed by atoms with Gasteiger partial charge in [0, 0.05) is 30.4 Å². The van der Waals surface area contributed by atoms with Gasteiger partial charge >= 0.3 is 12.2 Å². The summed E-state index contributed by atoms with van der Waals surface area (Å²) < 4.78 is 7.43. The molecule has 0 saturated carbocycles. The molecule has 2 amide bonds. The fraction of sp³-hybridized carbons (Fsp3) is 0.480. The smallest absolute Gasteiger partial charge is 0.437 e. The van der Waals surface area contributed by atoms with Crippen LogP contribution in [0.2, 0.25) is 0 Å². The monoisotopic (exact) mass is 482 g/mol. The molecule has 2 N–H and O–H groups in total. The molecule has 188 valence electrons. The van der Waals surface area contributed by atoms with Crippen LogP contribution >= 0.6 is 0 Å². The van der Waals surface area contributed by atoms with Gasteiger partial charge in [-0.15, -0.1) is 4.99 Å². The third-order valence-electron chi connectivity index (χ3n) is 5.30. The molecule has 0 radical (unpaired) electrons. The summed E-state index contributed by atoms with van der Waals surface area (Å²) in [7, 11) is 0. The van der Waals surface area contributed by atoms with Gasteiger partial charge in [-0.1, -0.05) is 25.1 Å². The lowest BCUT2D eigenvalue weighted by atomic mass is 10.1. The van der Waals surface area contributed by atoms with Crippen LogP contribution in [0.15, 0.2) is 35.5 Å². The maximum absolute atomic E-state index is 12.4. The van der Waals surface area contributed by atoms with Gasteiger partial charge in [0.1, 0.15) is 16.9 Å². The number of para-hydroxylation sites is 1. The normalized spacial score (nSPS) is 12.7. The molecule has 0 saturated heterocycles. The minimum absolute atomic E-state index is 0.0896. The van der Waals surface area contributed by atoms with Crippen molar-refractivity contribution in [3.05, 3.63) is 36.3 Å². The van der Waals surface area contributed by atoms with Gasteiger partial charge in [0.15, 0.2) is 0 Å². The number of nitrogens with one attached hydrogen (secondary N) is 1. The summed E-state index contributed by atoms with van der Waals surface area (Å²) in [4.78, 5) is 39.0. The third-order valence-corrected chi connectivity index (χ3v) is 5.30. The molecule has 3 aromatic rings. The number of carbonyl (C=O) groups excluding carboxylic acids is 1. The molecule has 2 aromatic heterocycles. The van der Waals surface area contributed by atoms with Gasteiger partial charge in [-0.2, -0.15) is 0 Å². The van der Waals surface area contributed by atoms with Crippen molar-refractivity contribution in [1.29, 1.82) is 0 Å². The average molecular weight is 483 g/mol. The van der Waals surface area contributed by atoms with Crippen molar-refractivity contribution in [3.8, 4) is 0 Å². The zero-order valence-electron chi connectivity index (χ0n) is 21.4. The van der Waals surface area contributed by atoms with E-state index in [1.54, 1.807) is 31.9 Å². The Morgan fingerprint density at radius 3 is 2.43 bits per heavy atom. The molecule has 0 unspecified atom stereocenters. The molecule has 0 aliphatic carbocycles. The molecule has 0 atom stereocenters. The largest absolute Gasteiger partial charge is 0.465 e. The number of aliphatic imine (C=N–C) groups is 1. The number of rotatable bonds is 4. The fourth-order valence-electron chi connectivity index (χ4n) is 3.90. The summed E-state index contributed by atoms with van der Waals surface area (Å²) in [5.74, 6) is 0.803. The minimum atomic E-state index is -1.32. The van der Waals surface area contributed by atoms with Crippen molar-refractivity contribution in [2.24, 2.45) is 4.99 Å². The molecular formula is C25H34N6O4. The standard InChI is InChI=1S/C25H34N6O4/c1-8-19-27-18-15-26-17-12-10-9-11-16(17)20(18)30(19)13-14-31(24(2,3)4)21(28-22(32)33)29-23(34)35-25(5,6)7/h9-12,15H,8,13-14H2,1-7H3,(H,32,33)(H,28,29,34). The second-order valence-electron chi connectivity index (χ2n) is 10.2. The summed E-state index contributed by atoms with van der Waals surface area (Å²) in [6.45, 7) is 13.8. The van der Waals surface area contributed by atoms with Crippen molar-refractivity contribution < 1.29 is 19.4 Å². The SMILES string of the molecule is CCc1nc2cnc3ccccc3c2n1CCN(C(=NC(=O)OC(C)(C)C)NC(=O)O)C(C)(C)C. The number of hydrogen-bond donors (Lipinski definition) is 2. The highest BCUT2D eigenvalue weighted by Gasteiger charge is 2.28. The Balaban J connectivity index is 2.03. The van der Waals surface area contributed by atoms with Gasteiger partial charge in [0.25, 0.3) is 0 Å². The summed E-state index contributed by atoms with van der Waals surface area (Å²) in [5.41, 5.74) is 1.32. The van der Waals surface area contributed by atoms with Gasteiger partial charge in [-0.05, 0) is 47.6 Å². The Morgan fingerprint density at radius 2 is 1.83 bits per heavy atom. The first-order chi connectivity index (χ1) is 16.3. The van der Waals surface area contributed by atoms with Gasteiger partial charge in [0.2, 0.25) is 5.96 Å². The first-order valence-electron chi connectivity index (χ1n) is 11.6. The first-order valence-corrected chi connectivity index (χ1v) is 11.6. The van der Waals surface area contributed by atoms with E-state index in [4.69, 9.17) is 9.72 Å². The Kier molecular flexibility index (Phi) is 7.33. The zero-order chi connectivity index (χ0) is 26.0. The Labute approximate surface area is 205 Å². The quantitative estimate of drug-likeness (QED) is 0.404. The second-order valence-corrected chi connectivity index (χ2v) is 10.2. The Bertz CT molecular complexity index is 1270. The summed E-state index contributed by atoms with van der Waals surface area (Å²) in [6.07, 6.45) is 0.303. The van der Waals surface area contributed by atoms with E-state index in [0.717, 1.165) is 27.8 Å². The maximum atomic E-state index is 12.4.